The fourth-order valence-corrected chi connectivity index (χ4v) is 2.33. The molecule has 2 aromatic carbocycles. The zero-order chi connectivity index (χ0) is 15.4. The Morgan fingerprint density at radius 3 is 2.41 bits per heavy atom. The molecule has 22 heavy (non-hydrogen) atoms. The number of benzene rings is 2. The molecule has 4 nitrogen and oxygen atoms in total. The van der Waals surface area contributed by atoms with Crippen LogP contribution in [0.1, 0.15) is 0 Å². The maximum absolute atomic E-state index is 4.73. The quantitative estimate of drug-likeness (QED) is 0.783. The van der Waals surface area contributed by atoms with Gasteiger partial charge in [0.05, 0.1) is 5.52 Å². The van der Waals surface area contributed by atoms with E-state index < -0.39 is 0 Å². The van der Waals surface area contributed by atoms with Crippen molar-refractivity contribution in [1.82, 2.24) is 14.9 Å². The van der Waals surface area contributed by atoms with Crippen LogP contribution in [-0.4, -0.2) is 42.1 Å². The smallest absolute Gasteiger partial charge is 0.162 e. The van der Waals surface area contributed by atoms with E-state index in [1.54, 1.807) is 0 Å². The number of hydrogen-bond donors (Lipinski definition) is 1. The van der Waals surface area contributed by atoms with Gasteiger partial charge in [-0.3, -0.25) is 0 Å². The molecule has 3 aromatic rings. The van der Waals surface area contributed by atoms with Gasteiger partial charge in [0.25, 0.3) is 0 Å². The van der Waals surface area contributed by atoms with Gasteiger partial charge in [0.15, 0.2) is 5.82 Å². The van der Waals surface area contributed by atoms with Gasteiger partial charge in [-0.2, -0.15) is 0 Å². The fraction of sp³-hybridized carbons (Fsp3) is 0.222. The lowest BCUT2D eigenvalue weighted by Gasteiger charge is -2.13. The Morgan fingerprint density at radius 1 is 0.909 bits per heavy atom. The Balaban J connectivity index is 2.01. The first-order valence-corrected chi connectivity index (χ1v) is 7.45. The molecule has 0 unspecified atom stereocenters. The van der Waals surface area contributed by atoms with E-state index in [0.717, 1.165) is 41.2 Å². The molecule has 0 fully saturated rings. The number of likely N-dealkylation sites (N-methyl/N-ethyl adjacent to an activating group) is 1. The van der Waals surface area contributed by atoms with Gasteiger partial charge in [-0.15, -0.1) is 0 Å². The standard InChI is InChI=1S/C18H20N4/c1-22(2)13-12-19-18-15-10-6-7-11-16(15)20-17(21-18)14-8-4-3-5-9-14/h3-11H,12-13H2,1-2H3,(H,19,20,21). The van der Waals surface area contributed by atoms with Gasteiger partial charge >= 0.3 is 0 Å². The Kier molecular flexibility index (Phi) is 4.30. The first-order chi connectivity index (χ1) is 10.7. The van der Waals surface area contributed by atoms with Gasteiger partial charge in [-0.05, 0) is 26.2 Å². The number of hydrogen-bond acceptors (Lipinski definition) is 4. The first kappa shape index (κ1) is 14.5. The van der Waals surface area contributed by atoms with Crippen molar-refractivity contribution in [3.8, 4) is 11.4 Å². The van der Waals surface area contributed by atoms with Gasteiger partial charge in [-0.25, -0.2) is 9.97 Å². The van der Waals surface area contributed by atoms with Crippen molar-refractivity contribution in [2.24, 2.45) is 0 Å². The summed E-state index contributed by atoms with van der Waals surface area (Å²) in [5.74, 6) is 1.65. The molecule has 0 atom stereocenters. The lowest BCUT2D eigenvalue weighted by atomic mass is 10.2. The fourth-order valence-electron chi connectivity index (χ4n) is 2.33. The molecule has 1 N–H and O–H groups in total. The van der Waals surface area contributed by atoms with Crippen LogP contribution in [0.15, 0.2) is 54.6 Å². The van der Waals surface area contributed by atoms with Crippen molar-refractivity contribution in [3.63, 3.8) is 0 Å². The zero-order valence-electron chi connectivity index (χ0n) is 13.0. The summed E-state index contributed by atoms with van der Waals surface area (Å²) < 4.78 is 0. The largest absolute Gasteiger partial charge is 0.368 e. The predicted molar refractivity (Wildman–Crippen MR) is 92.0 cm³/mol. The Bertz CT molecular complexity index is 753. The average molecular weight is 292 g/mol. The van der Waals surface area contributed by atoms with E-state index in [-0.39, 0.29) is 0 Å². The molecule has 0 aliphatic carbocycles. The van der Waals surface area contributed by atoms with Crippen molar-refractivity contribution in [3.05, 3.63) is 54.6 Å². The second-order valence-corrected chi connectivity index (χ2v) is 5.51. The van der Waals surface area contributed by atoms with Gasteiger partial charge in [0.2, 0.25) is 0 Å². The molecule has 4 heteroatoms. The number of rotatable bonds is 5. The number of anilines is 1. The molecule has 0 aliphatic rings. The Morgan fingerprint density at radius 2 is 1.64 bits per heavy atom. The third-order valence-corrected chi connectivity index (χ3v) is 3.49. The molecule has 1 aromatic heterocycles. The highest BCUT2D eigenvalue weighted by Crippen LogP contribution is 2.24. The highest BCUT2D eigenvalue weighted by Gasteiger charge is 2.08. The van der Waals surface area contributed by atoms with Crippen LogP contribution in [0.2, 0.25) is 0 Å². The van der Waals surface area contributed by atoms with Crippen molar-refractivity contribution >= 4 is 16.7 Å². The molecule has 1 heterocycles. The van der Waals surface area contributed by atoms with Gasteiger partial charge in [0.1, 0.15) is 5.82 Å². The third-order valence-electron chi connectivity index (χ3n) is 3.49. The van der Waals surface area contributed by atoms with Crippen molar-refractivity contribution < 1.29 is 0 Å². The predicted octanol–water partition coefficient (Wildman–Crippen LogP) is 3.27. The summed E-state index contributed by atoms with van der Waals surface area (Å²) in [5, 5.41) is 4.49. The minimum atomic E-state index is 0.756. The normalized spacial score (nSPS) is 11.0. The summed E-state index contributed by atoms with van der Waals surface area (Å²) in [6, 6.07) is 18.2. The van der Waals surface area contributed by atoms with E-state index in [2.05, 4.69) is 35.4 Å². The maximum Gasteiger partial charge on any atom is 0.162 e. The van der Waals surface area contributed by atoms with Crippen molar-refractivity contribution in [2.45, 2.75) is 0 Å². The van der Waals surface area contributed by atoms with E-state index in [1.807, 2.05) is 48.5 Å². The van der Waals surface area contributed by atoms with E-state index >= 15 is 0 Å². The minimum Gasteiger partial charge on any atom is -0.368 e. The van der Waals surface area contributed by atoms with Gasteiger partial charge in [0, 0.05) is 24.0 Å². The summed E-state index contributed by atoms with van der Waals surface area (Å²) in [4.78, 5) is 11.6. The summed E-state index contributed by atoms with van der Waals surface area (Å²) in [6.07, 6.45) is 0. The third kappa shape index (κ3) is 3.23. The number of aromatic nitrogens is 2. The van der Waals surface area contributed by atoms with Crippen LogP contribution in [0.4, 0.5) is 5.82 Å². The van der Waals surface area contributed by atoms with Crippen molar-refractivity contribution in [1.29, 1.82) is 0 Å². The van der Waals surface area contributed by atoms with Crippen LogP contribution in [0.3, 0.4) is 0 Å². The molecule has 3 rings (SSSR count). The van der Waals surface area contributed by atoms with Crippen LogP contribution >= 0.6 is 0 Å². The molecule has 112 valence electrons. The average Bonchev–Trinajstić information content (AvgIpc) is 2.55. The number of nitrogens with one attached hydrogen (secondary N) is 1. The SMILES string of the molecule is CN(C)CCNc1nc(-c2ccccc2)nc2ccccc12. The van der Waals surface area contributed by atoms with Crippen LogP contribution in [0, 0.1) is 0 Å². The summed E-state index contributed by atoms with van der Waals surface area (Å²) in [6.45, 7) is 1.81. The molecular formula is C18H20N4. The van der Waals surface area contributed by atoms with E-state index in [4.69, 9.17) is 4.98 Å². The molecule has 0 amide bonds. The number of nitrogens with zero attached hydrogens (tertiary/aromatic N) is 3. The lowest BCUT2D eigenvalue weighted by Crippen LogP contribution is -2.21. The molecule has 0 radical (unpaired) electrons. The van der Waals surface area contributed by atoms with Gasteiger partial charge in [-0.1, -0.05) is 42.5 Å². The number of para-hydroxylation sites is 1. The monoisotopic (exact) mass is 292 g/mol. The molecule has 0 saturated carbocycles. The second-order valence-electron chi connectivity index (χ2n) is 5.51. The van der Waals surface area contributed by atoms with Crippen molar-refractivity contribution in [2.75, 3.05) is 32.5 Å². The van der Waals surface area contributed by atoms with Gasteiger partial charge < -0.3 is 10.2 Å². The Hall–Kier alpha value is -2.46. The van der Waals surface area contributed by atoms with E-state index in [0.29, 0.717) is 0 Å². The molecule has 0 spiro atoms. The van der Waals surface area contributed by atoms with Crippen LogP contribution in [0.25, 0.3) is 22.3 Å². The summed E-state index contributed by atoms with van der Waals surface area (Å²) in [5.41, 5.74) is 1.99. The van der Waals surface area contributed by atoms with Crippen LogP contribution in [-0.2, 0) is 0 Å². The highest BCUT2D eigenvalue weighted by atomic mass is 15.1. The minimum absolute atomic E-state index is 0.756. The molecular weight excluding hydrogens is 272 g/mol. The van der Waals surface area contributed by atoms with Crippen LogP contribution < -0.4 is 5.32 Å². The maximum atomic E-state index is 4.73. The molecule has 0 bridgehead atoms. The first-order valence-electron chi connectivity index (χ1n) is 7.45. The summed E-state index contributed by atoms with van der Waals surface area (Å²) >= 11 is 0. The number of fused-ring (bicyclic) bond motifs is 1. The topological polar surface area (TPSA) is 41.0 Å². The second kappa shape index (κ2) is 6.54. The zero-order valence-corrected chi connectivity index (χ0v) is 13.0. The van der Waals surface area contributed by atoms with E-state index in [1.165, 1.54) is 0 Å². The molecule has 0 saturated heterocycles. The Labute approximate surface area is 130 Å². The van der Waals surface area contributed by atoms with E-state index in [9.17, 15) is 0 Å². The van der Waals surface area contributed by atoms with Crippen LogP contribution in [0.5, 0.6) is 0 Å². The highest BCUT2D eigenvalue weighted by molar-refractivity contribution is 5.90. The lowest BCUT2D eigenvalue weighted by molar-refractivity contribution is 0.425. The summed E-state index contributed by atoms with van der Waals surface area (Å²) in [7, 11) is 4.13. The molecule has 0 aliphatic heterocycles.